The number of sulfonamides is 1. The monoisotopic (exact) mass is 550 g/mol. The molecular weight excluding hydrogens is 515 g/mol. The van der Waals surface area contributed by atoms with Gasteiger partial charge in [-0.25, -0.2) is 17.5 Å². The lowest BCUT2D eigenvalue weighted by atomic mass is 9.69. The zero-order valence-corrected chi connectivity index (χ0v) is 23.3. The second-order valence-corrected chi connectivity index (χ2v) is 12.9. The Morgan fingerprint density at radius 2 is 1.82 bits per heavy atom. The highest BCUT2D eigenvalue weighted by atomic mass is 32.2. The maximum Gasteiger partial charge on any atom is 0.243 e. The van der Waals surface area contributed by atoms with Crippen LogP contribution in [0.1, 0.15) is 43.9 Å². The van der Waals surface area contributed by atoms with E-state index in [9.17, 15) is 12.8 Å². The minimum Gasteiger partial charge on any atom is -0.384 e. The average Bonchev–Trinajstić information content (AvgIpc) is 3.59. The van der Waals surface area contributed by atoms with Gasteiger partial charge < -0.3 is 9.64 Å². The molecule has 2 aliphatic heterocycles. The second kappa shape index (κ2) is 10.2. The summed E-state index contributed by atoms with van der Waals surface area (Å²) in [6.07, 6.45) is 8.66. The van der Waals surface area contributed by atoms with E-state index in [1.54, 1.807) is 35.7 Å². The van der Waals surface area contributed by atoms with Crippen LogP contribution in [-0.4, -0.2) is 61.9 Å². The summed E-state index contributed by atoms with van der Waals surface area (Å²) in [6.45, 7) is 4.40. The van der Waals surface area contributed by atoms with Gasteiger partial charge in [0.15, 0.2) is 0 Å². The van der Waals surface area contributed by atoms with Crippen LogP contribution in [0.2, 0.25) is 0 Å². The largest absolute Gasteiger partial charge is 0.384 e. The Labute approximate surface area is 229 Å². The fourth-order valence-electron chi connectivity index (χ4n) is 6.65. The molecule has 2 atom stereocenters. The highest BCUT2D eigenvalue weighted by Crippen LogP contribution is 2.45. The van der Waals surface area contributed by atoms with Crippen molar-refractivity contribution in [3.05, 3.63) is 77.4 Å². The van der Waals surface area contributed by atoms with Crippen molar-refractivity contribution in [3.8, 4) is 5.69 Å². The van der Waals surface area contributed by atoms with Crippen LogP contribution in [-0.2, 0) is 21.2 Å². The summed E-state index contributed by atoms with van der Waals surface area (Å²) < 4.78 is 50.3. The molecule has 1 aromatic heterocycles. The lowest BCUT2D eigenvalue weighted by molar-refractivity contribution is 0.0733. The van der Waals surface area contributed by atoms with Crippen LogP contribution in [0.25, 0.3) is 11.8 Å². The molecule has 2 saturated heterocycles. The van der Waals surface area contributed by atoms with E-state index in [2.05, 4.69) is 23.0 Å². The molecule has 3 heterocycles. The van der Waals surface area contributed by atoms with Crippen molar-refractivity contribution in [2.75, 3.05) is 38.3 Å². The highest BCUT2D eigenvalue weighted by molar-refractivity contribution is 7.89. The van der Waals surface area contributed by atoms with Crippen LogP contribution < -0.4 is 4.90 Å². The Bertz CT molecular complexity index is 1480. The summed E-state index contributed by atoms with van der Waals surface area (Å²) in [7, 11) is -2.01. The number of piperidine rings is 1. The third kappa shape index (κ3) is 4.60. The van der Waals surface area contributed by atoms with Gasteiger partial charge in [-0.2, -0.15) is 9.40 Å². The molecule has 0 spiro atoms. The molecule has 3 aliphatic rings. The van der Waals surface area contributed by atoms with Crippen molar-refractivity contribution < 1.29 is 17.5 Å². The fraction of sp³-hybridized carbons (Fsp3) is 0.433. The van der Waals surface area contributed by atoms with Gasteiger partial charge in [0.25, 0.3) is 0 Å². The number of halogens is 1. The number of fused-ring (bicyclic) bond motifs is 2. The van der Waals surface area contributed by atoms with Crippen molar-refractivity contribution in [3.63, 3.8) is 0 Å². The van der Waals surface area contributed by atoms with Gasteiger partial charge in [0.1, 0.15) is 5.82 Å². The standard InChI is InChI=1S/C30H35FN4O3S/c1-3-25-5-4-15-34(25)26-10-12-28(13-11-26)39(36,37)33-16-14-23-17-29-22(18-30(23,20-33)21-38-2)19-32-35(29)27-8-6-24(31)7-9-27/h6-13,17,19,25H,3-5,14-16,18,20-21H2,1-2H3/t25-,30-/m1/s1. The average molecular weight is 551 g/mol. The van der Waals surface area contributed by atoms with Gasteiger partial charge in [0.05, 0.1) is 29.1 Å². The Morgan fingerprint density at radius 1 is 1.08 bits per heavy atom. The van der Waals surface area contributed by atoms with Crippen molar-refractivity contribution in [1.29, 1.82) is 0 Å². The maximum atomic E-state index is 13.8. The van der Waals surface area contributed by atoms with Gasteiger partial charge in [-0.05, 0) is 92.3 Å². The molecule has 0 N–H and O–H groups in total. The molecule has 9 heteroatoms. The summed E-state index contributed by atoms with van der Waals surface area (Å²) >= 11 is 0. The molecule has 39 heavy (non-hydrogen) atoms. The first-order valence-corrected chi connectivity index (χ1v) is 15.2. The van der Waals surface area contributed by atoms with Crippen molar-refractivity contribution in [2.45, 2.75) is 50.0 Å². The molecule has 0 unspecified atom stereocenters. The molecule has 6 rings (SSSR count). The van der Waals surface area contributed by atoms with Crippen LogP contribution in [0, 0.1) is 11.2 Å². The normalized spacial score (nSPS) is 23.4. The number of aromatic nitrogens is 2. The van der Waals surface area contributed by atoms with E-state index in [0.717, 1.165) is 35.6 Å². The summed E-state index contributed by atoms with van der Waals surface area (Å²) in [6, 6.07) is 14.2. The van der Waals surface area contributed by atoms with Crippen LogP contribution in [0.15, 0.2) is 65.2 Å². The third-order valence-electron chi connectivity index (χ3n) is 8.66. The maximum absolute atomic E-state index is 13.8. The first-order valence-electron chi connectivity index (χ1n) is 13.7. The minimum absolute atomic E-state index is 0.290. The topological polar surface area (TPSA) is 67.7 Å². The van der Waals surface area contributed by atoms with Crippen LogP contribution in [0.5, 0.6) is 0 Å². The Hall–Kier alpha value is -3.01. The van der Waals surface area contributed by atoms with E-state index in [1.165, 1.54) is 30.5 Å². The van der Waals surface area contributed by atoms with E-state index in [-0.39, 0.29) is 5.82 Å². The number of hydrogen-bond donors (Lipinski definition) is 0. The van der Waals surface area contributed by atoms with E-state index >= 15 is 0 Å². The number of nitrogens with zero attached hydrogens (tertiary/aromatic N) is 4. The molecule has 3 aromatic rings. The number of anilines is 1. The van der Waals surface area contributed by atoms with E-state index < -0.39 is 15.4 Å². The molecule has 0 bridgehead atoms. The van der Waals surface area contributed by atoms with Crippen molar-refractivity contribution in [2.24, 2.45) is 5.41 Å². The van der Waals surface area contributed by atoms with Gasteiger partial charge in [-0.3, -0.25) is 0 Å². The Kier molecular flexibility index (Phi) is 6.85. The van der Waals surface area contributed by atoms with Gasteiger partial charge in [-0.15, -0.1) is 0 Å². The van der Waals surface area contributed by atoms with Crippen LogP contribution >= 0.6 is 0 Å². The number of rotatable bonds is 7. The summed E-state index contributed by atoms with van der Waals surface area (Å²) in [4.78, 5) is 2.73. The molecule has 2 aromatic carbocycles. The lowest BCUT2D eigenvalue weighted by Crippen LogP contribution is -2.51. The van der Waals surface area contributed by atoms with Gasteiger partial charge in [-0.1, -0.05) is 12.5 Å². The molecule has 1 aliphatic carbocycles. The Balaban J connectivity index is 1.27. The Morgan fingerprint density at radius 3 is 2.54 bits per heavy atom. The highest BCUT2D eigenvalue weighted by Gasteiger charge is 2.46. The van der Waals surface area contributed by atoms with E-state index in [0.29, 0.717) is 43.5 Å². The molecule has 206 valence electrons. The van der Waals surface area contributed by atoms with E-state index in [1.807, 2.05) is 23.0 Å². The number of benzene rings is 2. The quantitative estimate of drug-likeness (QED) is 0.412. The molecule has 0 amide bonds. The van der Waals surface area contributed by atoms with Crippen molar-refractivity contribution >= 4 is 21.8 Å². The predicted molar refractivity (Wildman–Crippen MR) is 150 cm³/mol. The molecule has 0 saturated carbocycles. The van der Waals surface area contributed by atoms with E-state index in [4.69, 9.17) is 4.74 Å². The van der Waals surface area contributed by atoms with Crippen LogP contribution in [0.4, 0.5) is 10.1 Å². The van der Waals surface area contributed by atoms with Gasteiger partial charge >= 0.3 is 0 Å². The summed E-state index contributed by atoms with van der Waals surface area (Å²) in [5.74, 6) is -0.290. The second-order valence-electron chi connectivity index (χ2n) is 11.0. The third-order valence-corrected chi connectivity index (χ3v) is 10.5. The molecular formula is C30H35FN4O3S. The molecule has 0 radical (unpaired) electrons. The van der Waals surface area contributed by atoms with Gasteiger partial charge in [0, 0.05) is 43.9 Å². The first kappa shape index (κ1) is 26.2. The smallest absolute Gasteiger partial charge is 0.243 e. The zero-order valence-electron chi connectivity index (χ0n) is 22.5. The SMILES string of the molecule is CC[C@@H]1CCCN1c1ccc(S(=O)(=O)N2CCC3=Cc4c(cnn4-c4ccc(F)cc4)C[C@]3(COC)C2)cc1. The summed E-state index contributed by atoms with van der Waals surface area (Å²) in [5, 5.41) is 4.59. The molecule has 2 fully saturated rings. The zero-order chi connectivity index (χ0) is 27.2. The first-order chi connectivity index (χ1) is 18.8. The van der Waals surface area contributed by atoms with Gasteiger partial charge in [0.2, 0.25) is 10.0 Å². The summed E-state index contributed by atoms with van der Waals surface area (Å²) in [5.41, 5.74) is 4.57. The molecule has 7 nitrogen and oxygen atoms in total. The fourth-order valence-corrected chi connectivity index (χ4v) is 8.18. The van der Waals surface area contributed by atoms with Crippen LogP contribution in [0.3, 0.4) is 0 Å². The minimum atomic E-state index is -3.67. The number of ether oxygens (including phenoxy) is 1. The predicted octanol–water partition coefficient (Wildman–Crippen LogP) is 5.06. The number of hydrogen-bond acceptors (Lipinski definition) is 5. The number of methoxy groups -OCH3 is 1. The lowest BCUT2D eigenvalue weighted by Gasteiger charge is -2.45. The van der Waals surface area contributed by atoms with Crippen molar-refractivity contribution in [1.82, 2.24) is 14.1 Å².